The van der Waals surface area contributed by atoms with Crippen molar-refractivity contribution in [3.8, 4) is 0 Å². The number of amides is 1. The first-order valence-corrected chi connectivity index (χ1v) is 4.81. The van der Waals surface area contributed by atoms with E-state index in [0.717, 1.165) is 18.2 Å². The van der Waals surface area contributed by atoms with E-state index in [9.17, 15) is 4.79 Å². The van der Waals surface area contributed by atoms with Crippen LogP contribution in [0.5, 0.6) is 0 Å². The molecule has 0 atom stereocenters. The zero-order valence-corrected chi connectivity index (χ0v) is 8.53. The van der Waals surface area contributed by atoms with E-state index in [1.165, 1.54) is 6.33 Å². The van der Waals surface area contributed by atoms with Crippen molar-refractivity contribution in [2.75, 3.05) is 36.9 Å². The Bertz CT molecular complexity index is 367. The van der Waals surface area contributed by atoms with Crippen LogP contribution in [0.4, 0.5) is 11.6 Å². The number of nitrogens with one attached hydrogen (secondary N) is 2. The highest BCUT2D eigenvalue weighted by Gasteiger charge is 2.17. The third kappa shape index (κ3) is 2.15. The molecule has 0 radical (unpaired) electrons. The van der Waals surface area contributed by atoms with E-state index in [4.69, 9.17) is 0 Å². The molecule has 0 spiro atoms. The van der Waals surface area contributed by atoms with E-state index in [1.54, 1.807) is 7.05 Å². The van der Waals surface area contributed by atoms with Crippen LogP contribution in [0, 0.1) is 0 Å². The smallest absolute Gasteiger partial charge is 0.239 e. The maximum absolute atomic E-state index is 11.2. The quantitative estimate of drug-likeness (QED) is 0.681. The average molecular weight is 207 g/mol. The fraction of sp³-hybridized carbons (Fsp3) is 0.444. The van der Waals surface area contributed by atoms with Gasteiger partial charge in [-0.1, -0.05) is 0 Å². The molecule has 2 heterocycles. The van der Waals surface area contributed by atoms with Crippen LogP contribution < -0.4 is 15.5 Å². The van der Waals surface area contributed by atoms with Crippen LogP contribution in [-0.2, 0) is 4.79 Å². The minimum atomic E-state index is 0.0332. The molecule has 0 aliphatic carbocycles. The van der Waals surface area contributed by atoms with Gasteiger partial charge in [0.1, 0.15) is 18.0 Å². The number of anilines is 2. The molecule has 1 fully saturated rings. The Morgan fingerprint density at radius 3 is 3.13 bits per heavy atom. The van der Waals surface area contributed by atoms with Crippen LogP contribution in [0.3, 0.4) is 0 Å². The zero-order valence-electron chi connectivity index (χ0n) is 8.53. The Hall–Kier alpha value is -1.85. The second-order valence-electron chi connectivity index (χ2n) is 3.28. The van der Waals surface area contributed by atoms with Gasteiger partial charge in [0.25, 0.3) is 0 Å². The van der Waals surface area contributed by atoms with E-state index >= 15 is 0 Å². The molecule has 1 aliphatic rings. The summed E-state index contributed by atoms with van der Waals surface area (Å²) >= 11 is 0. The SMILES string of the molecule is CNc1cc(N2CCNC(=O)C2)ncn1. The van der Waals surface area contributed by atoms with Gasteiger partial charge < -0.3 is 15.5 Å². The highest BCUT2D eigenvalue weighted by Crippen LogP contribution is 2.13. The third-order valence-corrected chi connectivity index (χ3v) is 2.27. The number of carbonyl (C=O) groups excluding carboxylic acids is 1. The van der Waals surface area contributed by atoms with Gasteiger partial charge in [0.15, 0.2) is 0 Å². The Morgan fingerprint density at radius 1 is 1.53 bits per heavy atom. The van der Waals surface area contributed by atoms with Gasteiger partial charge in [-0.3, -0.25) is 4.79 Å². The first-order valence-electron chi connectivity index (χ1n) is 4.81. The summed E-state index contributed by atoms with van der Waals surface area (Å²) in [6.07, 6.45) is 1.49. The predicted octanol–water partition coefficient (Wildman–Crippen LogP) is -0.545. The molecule has 0 aromatic carbocycles. The lowest BCUT2D eigenvalue weighted by molar-refractivity contribution is -0.120. The van der Waals surface area contributed by atoms with Crippen molar-refractivity contribution in [2.24, 2.45) is 0 Å². The van der Waals surface area contributed by atoms with Gasteiger partial charge in [0.2, 0.25) is 5.91 Å². The summed E-state index contributed by atoms with van der Waals surface area (Å²) in [6.45, 7) is 1.81. The normalized spacial score (nSPS) is 16.1. The molecule has 2 N–H and O–H groups in total. The maximum Gasteiger partial charge on any atom is 0.239 e. The lowest BCUT2D eigenvalue weighted by Gasteiger charge is -2.27. The summed E-state index contributed by atoms with van der Waals surface area (Å²) in [5.41, 5.74) is 0. The van der Waals surface area contributed by atoms with Crippen molar-refractivity contribution in [1.29, 1.82) is 0 Å². The zero-order chi connectivity index (χ0) is 10.7. The third-order valence-electron chi connectivity index (χ3n) is 2.27. The predicted molar refractivity (Wildman–Crippen MR) is 56.8 cm³/mol. The van der Waals surface area contributed by atoms with Gasteiger partial charge in [-0.05, 0) is 0 Å². The number of rotatable bonds is 2. The summed E-state index contributed by atoms with van der Waals surface area (Å²) in [6, 6.07) is 1.83. The first kappa shape index (κ1) is 9.70. The second-order valence-corrected chi connectivity index (χ2v) is 3.28. The van der Waals surface area contributed by atoms with Crippen molar-refractivity contribution in [3.63, 3.8) is 0 Å². The molecule has 6 heteroatoms. The van der Waals surface area contributed by atoms with Crippen LogP contribution in [-0.4, -0.2) is 42.6 Å². The summed E-state index contributed by atoms with van der Waals surface area (Å²) in [7, 11) is 1.80. The molecule has 0 bridgehead atoms. The van der Waals surface area contributed by atoms with E-state index < -0.39 is 0 Å². The largest absolute Gasteiger partial charge is 0.373 e. The molecule has 80 valence electrons. The molecule has 15 heavy (non-hydrogen) atoms. The van der Waals surface area contributed by atoms with Gasteiger partial charge in [-0.25, -0.2) is 9.97 Å². The van der Waals surface area contributed by atoms with Crippen LogP contribution in [0.15, 0.2) is 12.4 Å². The Labute approximate surface area is 87.7 Å². The van der Waals surface area contributed by atoms with E-state index in [1.807, 2.05) is 11.0 Å². The van der Waals surface area contributed by atoms with Crippen LogP contribution in [0.1, 0.15) is 0 Å². The molecule has 1 aliphatic heterocycles. The fourth-order valence-electron chi connectivity index (χ4n) is 1.49. The molecule has 6 nitrogen and oxygen atoms in total. The second kappa shape index (κ2) is 4.12. The Morgan fingerprint density at radius 2 is 2.40 bits per heavy atom. The van der Waals surface area contributed by atoms with Crippen LogP contribution in [0.2, 0.25) is 0 Å². The average Bonchev–Trinajstić information content (AvgIpc) is 2.29. The maximum atomic E-state index is 11.2. The van der Waals surface area contributed by atoms with Crippen LogP contribution >= 0.6 is 0 Å². The molecular formula is C9H13N5O. The molecule has 1 aromatic heterocycles. The standard InChI is InChI=1S/C9H13N5O/c1-10-7-4-8(13-6-12-7)14-3-2-11-9(15)5-14/h4,6H,2-3,5H2,1H3,(H,11,15)(H,10,12,13). The summed E-state index contributed by atoms with van der Waals surface area (Å²) in [5.74, 6) is 1.57. The Balaban J connectivity index is 2.17. The van der Waals surface area contributed by atoms with Gasteiger partial charge in [-0.15, -0.1) is 0 Å². The van der Waals surface area contributed by atoms with Crippen molar-refractivity contribution in [3.05, 3.63) is 12.4 Å². The summed E-state index contributed by atoms with van der Waals surface area (Å²) in [5, 5.41) is 5.71. The summed E-state index contributed by atoms with van der Waals surface area (Å²) in [4.78, 5) is 21.3. The number of nitrogens with zero attached hydrogens (tertiary/aromatic N) is 3. The molecule has 1 aromatic rings. The number of hydrogen-bond donors (Lipinski definition) is 2. The summed E-state index contributed by atoms with van der Waals surface area (Å²) < 4.78 is 0. The minimum Gasteiger partial charge on any atom is -0.373 e. The minimum absolute atomic E-state index is 0.0332. The van der Waals surface area contributed by atoms with Crippen LogP contribution in [0.25, 0.3) is 0 Å². The lowest BCUT2D eigenvalue weighted by Crippen LogP contribution is -2.48. The Kier molecular flexibility index (Phi) is 2.66. The molecule has 0 unspecified atom stereocenters. The first-order chi connectivity index (χ1) is 7.29. The monoisotopic (exact) mass is 207 g/mol. The number of aromatic nitrogens is 2. The van der Waals surface area contributed by atoms with Crippen molar-refractivity contribution in [2.45, 2.75) is 0 Å². The fourth-order valence-corrected chi connectivity index (χ4v) is 1.49. The number of piperazine rings is 1. The van der Waals surface area contributed by atoms with E-state index in [-0.39, 0.29) is 5.91 Å². The molecular weight excluding hydrogens is 194 g/mol. The highest BCUT2D eigenvalue weighted by molar-refractivity contribution is 5.82. The lowest BCUT2D eigenvalue weighted by atomic mass is 10.3. The van der Waals surface area contributed by atoms with E-state index in [2.05, 4.69) is 20.6 Å². The number of hydrogen-bond acceptors (Lipinski definition) is 5. The van der Waals surface area contributed by atoms with Crippen molar-refractivity contribution < 1.29 is 4.79 Å². The van der Waals surface area contributed by atoms with Crippen molar-refractivity contribution in [1.82, 2.24) is 15.3 Å². The molecule has 0 saturated carbocycles. The van der Waals surface area contributed by atoms with Gasteiger partial charge >= 0.3 is 0 Å². The highest BCUT2D eigenvalue weighted by atomic mass is 16.2. The number of carbonyl (C=O) groups is 1. The van der Waals surface area contributed by atoms with Gasteiger partial charge in [0.05, 0.1) is 6.54 Å². The van der Waals surface area contributed by atoms with Crippen molar-refractivity contribution >= 4 is 17.5 Å². The van der Waals surface area contributed by atoms with Gasteiger partial charge in [-0.2, -0.15) is 0 Å². The molecule has 2 rings (SSSR count). The van der Waals surface area contributed by atoms with E-state index in [0.29, 0.717) is 13.1 Å². The van der Waals surface area contributed by atoms with Gasteiger partial charge in [0, 0.05) is 26.2 Å². The topological polar surface area (TPSA) is 70.2 Å². The molecule has 1 saturated heterocycles. The molecule has 1 amide bonds.